The van der Waals surface area contributed by atoms with Crippen LogP contribution in [0.15, 0.2) is 48.5 Å². The summed E-state index contributed by atoms with van der Waals surface area (Å²) >= 11 is 0. The van der Waals surface area contributed by atoms with E-state index in [1.165, 1.54) is 28.8 Å². The highest BCUT2D eigenvalue weighted by Crippen LogP contribution is 2.28. The fraction of sp³-hybridized carbons (Fsp3) is 0.211. The Labute approximate surface area is 135 Å². The van der Waals surface area contributed by atoms with E-state index in [-0.39, 0.29) is 11.7 Å². The van der Waals surface area contributed by atoms with Crippen molar-refractivity contribution in [2.24, 2.45) is 5.73 Å². The molecule has 1 unspecified atom stereocenters. The lowest BCUT2D eigenvalue weighted by molar-refractivity contribution is 0.628. The van der Waals surface area contributed by atoms with Gasteiger partial charge in [0.1, 0.15) is 5.82 Å². The number of aryl methyl sites for hydroxylation is 2. The maximum Gasteiger partial charge on any atom is 0.123 e. The summed E-state index contributed by atoms with van der Waals surface area (Å²) in [7, 11) is 0. The van der Waals surface area contributed by atoms with E-state index >= 15 is 0 Å². The lowest BCUT2D eigenvalue weighted by atomic mass is 9.91. The Morgan fingerprint density at radius 2 is 1.83 bits per heavy atom. The van der Waals surface area contributed by atoms with Gasteiger partial charge in [-0.15, -0.1) is 0 Å². The molecule has 3 N–H and O–H groups in total. The Balaban J connectivity index is 1.95. The number of H-pyrrole nitrogens is 1. The zero-order valence-corrected chi connectivity index (χ0v) is 13.3. The van der Waals surface area contributed by atoms with Gasteiger partial charge in [-0.25, -0.2) is 4.39 Å². The third kappa shape index (κ3) is 3.17. The van der Waals surface area contributed by atoms with Gasteiger partial charge in [-0.2, -0.15) is 5.10 Å². The topological polar surface area (TPSA) is 54.7 Å². The molecule has 0 bridgehead atoms. The minimum absolute atomic E-state index is 0.0669. The second-order valence-electron chi connectivity index (χ2n) is 5.86. The number of aromatic nitrogens is 2. The number of rotatable bonds is 4. The quantitative estimate of drug-likeness (QED) is 0.767. The van der Waals surface area contributed by atoms with E-state index in [1.807, 2.05) is 6.07 Å². The van der Waals surface area contributed by atoms with E-state index in [2.05, 4.69) is 42.2 Å². The molecule has 1 atom stereocenters. The Morgan fingerprint density at radius 1 is 1.09 bits per heavy atom. The van der Waals surface area contributed by atoms with E-state index in [0.717, 1.165) is 17.0 Å². The number of aromatic amines is 1. The summed E-state index contributed by atoms with van der Waals surface area (Å²) in [6.07, 6.45) is 0. The number of nitrogens with two attached hydrogens (primary N) is 1. The molecule has 23 heavy (non-hydrogen) atoms. The Hall–Kier alpha value is -2.46. The Bertz CT molecular complexity index is 806. The molecule has 0 saturated heterocycles. The van der Waals surface area contributed by atoms with Gasteiger partial charge in [-0.05, 0) is 55.3 Å². The molecule has 0 aliphatic carbocycles. The summed E-state index contributed by atoms with van der Waals surface area (Å²) < 4.78 is 13.0. The van der Waals surface area contributed by atoms with Gasteiger partial charge in [0.15, 0.2) is 0 Å². The molecule has 118 valence electrons. The molecule has 2 aromatic carbocycles. The predicted octanol–water partition coefficient (Wildman–Crippen LogP) is 3.92. The second kappa shape index (κ2) is 6.34. The molecule has 3 aromatic rings. The lowest BCUT2D eigenvalue weighted by Gasteiger charge is -2.16. The first kappa shape index (κ1) is 15.4. The second-order valence-corrected chi connectivity index (χ2v) is 5.86. The maximum atomic E-state index is 13.0. The molecule has 0 spiro atoms. The molecule has 3 nitrogen and oxygen atoms in total. The van der Waals surface area contributed by atoms with Gasteiger partial charge >= 0.3 is 0 Å². The minimum Gasteiger partial charge on any atom is -0.329 e. The maximum absolute atomic E-state index is 13.0. The van der Waals surface area contributed by atoms with Gasteiger partial charge in [-0.3, -0.25) is 5.10 Å². The summed E-state index contributed by atoms with van der Waals surface area (Å²) in [4.78, 5) is 0. The fourth-order valence-corrected chi connectivity index (χ4v) is 2.92. The van der Waals surface area contributed by atoms with Crippen LogP contribution in [0.5, 0.6) is 0 Å². The SMILES string of the molecule is Cc1ccc(C(CN)c2cc(-c3ccc(F)cc3)n[nH]2)c(C)c1. The van der Waals surface area contributed by atoms with Crippen molar-refractivity contribution in [2.45, 2.75) is 19.8 Å². The van der Waals surface area contributed by atoms with Crippen LogP contribution in [0, 0.1) is 19.7 Å². The highest BCUT2D eigenvalue weighted by Gasteiger charge is 2.17. The van der Waals surface area contributed by atoms with Gasteiger partial charge in [0.05, 0.1) is 5.69 Å². The normalized spacial score (nSPS) is 12.3. The van der Waals surface area contributed by atoms with Crippen LogP contribution in [-0.2, 0) is 0 Å². The van der Waals surface area contributed by atoms with E-state index in [0.29, 0.717) is 6.54 Å². The van der Waals surface area contributed by atoms with Crippen LogP contribution < -0.4 is 5.73 Å². The van der Waals surface area contributed by atoms with Gasteiger partial charge < -0.3 is 5.73 Å². The molecular weight excluding hydrogens is 289 g/mol. The van der Waals surface area contributed by atoms with Crippen LogP contribution in [0.25, 0.3) is 11.3 Å². The molecule has 4 heteroatoms. The monoisotopic (exact) mass is 309 g/mol. The molecule has 0 saturated carbocycles. The van der Waals surface area contributed by atoms with Crippen molar-refractivity contribution >= 4 is 0 Å². The number of hydrogen-bond donors (Lipinski definition) is 2. The fourth-order valence-electron chi connectivity index (χ4n) is 2.92. The zero-order valence-electron chi connectivity index (χ0n) is 13.3. The number of halogens is 1. The first-order valence-electron chi connectivity index (χ1n) is 7.67. The molecule has 0 radical (unpaired) electrons. The molecule has 0 fully saturated rings. The summed E-state index contributed by atoms with van der Waals surface area (Å²) in [5.41, 5.74) is 12.3. The molecule has 0 aliphatic heterocycles. The Morgan fingerprint density at radius 3 is 2.48 bits per heavy atom. The van der Waals surface area contributed by atoms with Gasteiger partial charge in [0, 0.05) is 23.7 Å². The lowest BCUT2D eigenvalue weighted by Crippen LogP contribution is -2.15. The van der Waals surface area contributed by atoms with E-state index in [4.69, 9.17) is 5.73 Å². The first-order chi connectivity index (χ1) is 11.1. The van der Waals surface area contributed by atoms with Crippen LogP contribution in [0.3, 0.4) is 0 Å². The summed E-state index contributed by atoms with van der Waals surface area (Å²) in [5, 5.41) is 7.44. The molecule has 1 aromatic heterocycles. The van der Waals surface area contributed by atoms with Crippen molar-refractivity contribution < 1.29 is 4.39 Å². The van der Waals surface area contributed by atoms with Crippen molar-refractivity contribution in [1.82, 2.24) is 10.2 Å². The molecule has 1 heterocycles. The summed E-state index contributed by atoms with van der Waals surface area (Å²) in [6, 6.07) is 14.7. The third-order valence-electron chi connectivity index (χ3n) is 4.15. The number of benzene rings is 2. The first-order valence-corrected chi connectivity index (χ1v) is 7.67. The minimum atomic E-state index is -0.250. The Kier molecular flexibility index (Phi) is 4.26. The molecule has 3 rings (SSSR count). The largest absolute Gasteiger partial charge is 0.329 e. The highest BCUT2D eigenvalue weighted by molar-refractivity contribution is 5.59. The third-order valence-corrected chi connectivity index (χ3v) is 4.15. The van der Waals surface area contributed by atoms with Gasteiger partial charge in [-0.1, -0.05) is 23.8 Å². The molecule has 0 amide bonds. The van der Waals surface area contributed by atoms with Gasteiger partial charge in [0.25, 0.3) is 0 Å². The van der Waals surface area contributed by atoms with Crippen LogP contribution in [0.2, 0.25) is 0 Å². The van der Waals surface area contributed by atoms with Gasteiger partial charge in [0.2, 0.25) is 0 Å². The number of nitrogens with one attached hydrogen (secondary N) is 1. The molecular formula is C19H20FN3. The van der Waals surface area contributed by atoms with Crippen molar-refractivity contribution in [3.8, 4) is 11.3 Å². The van der Waals surface area contributed by atoms with Crippen LogP contribution in [0.1, 0.15) is 28.3 Å². The highest BCUT2D eigenvalue weighted by atomic mass is 19.1. The average Bonchev–Trinajstić information content (AvgIpc) is 3.00. The van der Waals surface area contributed by atoms with Crippen LogP contribution in [-0.4, -0.2) is 16.7 Å². The average molecular weight is 309 g/mol. The van der Waals surface area contributed by atoms with Crippen molar-refractivity contribution in [2.75, 3.05) is 6.54 Å². The van der Waals surface area contributed by atoms with E-state index in [9.17, 15) is 4.39 Å². The predicted molar refractivity (Wildman–Crippen MR) is 90.8 cm³/mol. The standard InChI is InChI=1S/C19H20FN3/c1-12-3-8-16(13(2)9-12)17(11-21)19-10-18(22-23-19)14-4-6-15(20)7-5-14/h3-10,17H,11,21H2,1-2H3,(H,22,23). The summed E-state index contributed by atoms with van der Waals surface area (Å²) in [6.45, 7) is 4.67. The van der Waals surface area contributed by atoms with Crippen molar-refractivity contribution in [3.63, 3.8) is 0 Å². The van der Waals surface area contributed by atoms with Crippen molar-refractivity contribution in [1.29, 1.82) is 0 Å². The van der Waals surface area contributed by atoms with E-state index < -0.39 is 0 Å². The smallest absolute Gasteiger partial charge is 0.123 e. The van der Waals surface area contributed by atoms with Crippen molar-refractivity contribution in [3.05, 3.63) is 76.7 Å². The summed E-state index contributed by atoms with van der Waals surface area (Å²) in [5.74, 6) is -0.183. The zero-order chi connectivity index (χ0) is 16.4. The number of nitrogens with zero attached hydrogens (tertiary/aromatic N) is 1. The van der Waals surface area contributed by atoms with E-state index in [1.54, 1.807) is 12.1 Å². The van der Waals surface area contributed by atoms with Crippen LogP contribution >= 0.6 is 0 Å². The number of hydrogen-bond acceptors (Lipinski definition) is 2. The van der Waals surface area contributed by atoms with Crippen LogP contribution in [0.4, 0.5) is 4.39 Å². The molecule has 0 aliphatic rings.